The van der Waals surface area contributed by atoms with Crippen LogP contribution in [0.5, 0.6) is 5.75 Å². The first-order valence-electron chi connectivity index (χ1n) is 9.02. The van der Waals surface area contributed by atoms with Crippen molar-refractivity contribution in [1.29, 1.82) is 0 Å². The number of benzene rings is 1. The summed E-state index contributed by atoms with van der Waals surface area (Å²) < 4.78 is 5.41. The molecule has 0 saturated carbocycles. The number of carboxylic acid groups (broad SMARTS) is 2. The van der Waals surface area contributed by atoms with Crippen LogP contribution in [-0.4, -0.2) is 95.1 Å². The van der Waals surface area contributed by atoms with Gasteiger partial charge in [0.2, 0.25) is 0 Å². The minimum atomic E-state index is -1.28. The lowest BCUT2D eigenvalue weighted by Crippen LogP contribution is -2.50. The van der Waals surface area contributed by atoms with Gasteiger partial charge in [-0.1, -0.05) is 12.1 Å². The van der Waals surface area contributed by atoms with E-state index in [0.29, 0.717) is 50.5 Å². The van der Waals surface area contributed by atoms with Gasteiger partial charge >= 0.3 is 19.1 Å². The van der Waals surface area contributed by atoms with Gasteiger partial charge in [0.05, 0.1) is 18.7 Å². The highest BCUT2D eigenvalue weighted by Gasteiger charge is 2.37. The van der Waals surface area contributed by atoms with E-state index in [1.807, 2.05) is 4.90 Å². The largest absolute Gasteiger partial charge is 0.549 e. The summed E-state index contributed by atoms with van der Waals surface area (Å²) in [5.41, 5.74) is 6.72. The average molecular weight is 390 g/mol. The molecule has 0 spiro atoms. The van der Waals surface area contributed by atoms with Crippen molar-refractivity contribution >= 4 is 24.9 Å². The number of piperazine rings is 1. The minimum absolute atomic E-state index is 0.00573. The fourth-order valence-electron chi connectivity index (χ4n) is 3.47. The standard InChI is InChI=1S/C17H23BN4O6/c19-14(9-21-4-6-22(7-5-21)10-15(23)24)20-13-8-11-2-1-3-12(17(25)26)16(11)28-18(13)27/h1-3,13,27H,4-10H2,(H2,19,20)(H,23,24)(H,25,26)/t13-/m0/s1. The SMILES string of the molecule is N/C(CN1CCN(CC(=O)O)CC1)=N\[C@H]1Cc2cccc(C(=O)O)c2OB1O. The molecule has 3 rings (SSSR count). The Labute approximate surface area is 162 Å². The highest BCUT2D eigenvalue weighted by Crippen LogP contribution is 2.31. The van der Waals surface area contributed by atoms with Crippen LogP contribution < -0.4 is 10.4 Å². The van der Waals surface area contributed by atoms with E-state index in [1.165, 1.54) is 6.07 Å². The number of hydrogen-bond donors (Lipinski definition) is 4. The Kier molecular flexibility index (Phi) is 6.17. The molecule has 2 heterocycles. The van der Waals surface area contributed by atoms with E-state index in [4.69, 9.17) is 15.5 Å². The summed E-state index contributed by atoms with van der Waals surface area (Å²) in [7, 11) is -1.28. The molecular weight excluding hydrogens is 367 g/mol. The topological polar surface area (TPSA) is 149 Å². The zero-order valence-corrected chi connectivity index (χ0v) is 15.3. The van der Waals surface area contributed by atoms with Crippen LogP contribution in [0, 0.1) is 0 Å². The van der Waals surface area contributed by atoms with Gasteiger partial charge in [0, 0.05) is 26.2 Å². The Morgan fingerprint density at radius 1 is 1.18 bits per heavy atom. The fraction of sp³-hybridized carbons (Fsp3) is 0.471. The number of nitrogens with zero attached hydrogens (tertiary/aromatic N) is 3. The third-order valence-corrected chi connectivity index (χ3v) is 4.86. The van der Waals surface area contributed by atoms with Gasteiger partial charge in [-0.2, -0.15) is 0 Å². The number of aliphatic carboxylic acids is 1. The maximum absolute atomic E-state index is 11.3. The number of carboxylic acids is 2. The van der Waals surface area contributed by atoms with E-state index < -0.39 is 25.0 Å². The molecule has 0 bridgehead atoms. The summed E-state index contributed by atoms with van der Waals surface area (Å²) in [5.74, 6) is -2.07. The molecule has 0 amide bonds. The van der Waals surface area contributed by atoms with Gasteiger partial charge in [-0.15, -0.1) is 0 Å². The second kappa shape index (κ2) is 8.59. The Hall–Kier alpha value is -2.63. The van der Waals surface area contributed by atoms with Crippen LogP contribution >= 0.6 is 0 Å². The molecule has 1 aromatic rings. The molecule has 0 aromatic heterocycles. The van der Waals surface area contributed by atoms with Crippen LogP contribution in [-0.2, 0) is 11.2 Å². The molecule has 28 heavy (non-hydrogen) atoms. The number of rotatable bonds is 6. The number of hydrogen-bond acceptors (Lipinski definition) is 7. The van der Waals surface area contributed by atoms with E-state index in [1.54, 1.807) is 12.1 Å². The molecule has 11 heteroatoms. The maximum atomic E-state index is 11.3. The van der Waals surface area contributed by atoms with Gasteiger partial charge in [-0.25, -0.2) is 4.79 Å². The van der Waals surface area contributed by atoms with E-state index in [2.05, 4.69) is 9.89 Å². The fourth-order valence-corrected chi connectivity index (χ4v) is 3.47. The van der Waals surface area contributed by atoms with Gasteiger partial charge in [-0.05, 0) is 18.1 Å². The zero-order chi connectivity index (χ0) is 20.3. The number of carbonyl (C=O) groups is 2. The Balaban J connectivity index is 1.60. The summed E-state index contributed by atoms with van der Waals surface area (Å²) >= 11 is 0. The van der Waals surface area contributed by atoms with Crippen LogP contribution in [0.15, 0.2) is 23.2 Å². The summed E-state index contributed by atoms with van der Waals surface area (Å²) in [4.78, 5) is 30.4. The first-order chi connectivity index (χ1) is 13.3. The smallest absolute Gasteiger partial charge is 0.534 e. The van der Waals surface area contributed by atoms with Crippen LogP contribution in [0.25, 0.3) is 0 Å². The van der Waals surface area contributed by atoms with E-state index in [-0.39, 0.29) is 17.9 Å². The highest BCUT2D eigenvalue weighted by atomic mass is 16.5. The normalized spacial score (nSPS) is 21.1. The predicted octanol–water partition coefficient (Wildman–Crippen LogP) is -1.23. The summed E-state index contributed by atoms with van der Waals surface area (Å²) in [5, 5.41) is 28.3. The molecule has 1 saturated heterocycles. The number of fused-ring (bicyclic) bond motifs is 1. The monoisotopic (exact) mass is 390 g/mol. The summed E-state index contributed by atoms with van der Waals surface area (Å²) in [6.07, 6.45) is 0.324. The lowest BCUT2D eigenvalue weighted by molar-refractivity contribution is -0.138. The van der Waals surface area contributed by atoms with Crippen molar-refractivity contribution in [1.82, 2.24) is 9.80 Å². The van der Waals surface area contributed by atoms with Crippen molar-refractivity contribution in [2.24, 2.45) is 10.7 Å². The van der Waals surface area contributed by atoms with Crippen molar-refractivity contribution in [3.8, 4) is 5.75 Å². The van der Waals surface area contributed by atoms with E-state index in [9.17, 15) is 19.7 Å². The molecule has 1 atom stereocenters. The van der Waals surface area contributed by atoms with Crippen LogP contribution in [0.3, 0.4) is 0 Å². The predicted molar refractivity (Wildman–Crippen MR) is 102 cm³/mol. The number of aromatic carboxylic acids is 1. The summed E-state index contributed by atoms with van der Waals surface area (Å²) in [6, 6.07) is 4.80. The molecule has 10 nitrogen and oxygen atoms in total. The third kappa shape index (κ3) is 4.80. The molecule has 5 N–H and O–H groups in total. The van der Waals surface area contributed by atoms with Gasteiger partial charge in [0.1, 0.15) is 17.5 Å². The molecule has 0 aliphatic carbocycles. The number of para-hydroxylation sites is 1. The summed E-state index contributed by atoms with van der Waals surface area (Å²) in [6.45, 7) is 3.07. The second-order valence-corrected chi connectivity index (χ2v) is 6.95. The highest BCUT2D eigenvalue weighted by molar-refractivity contribution is 6.46. The minimum Gasteiger partial charge on any atom is -0.534 e. The number of aliphatic imine (C=N–C) groups is 1. The van der Waals surface area contributed by atoms with E-state index in [0.717, 1.165) is 0 Å². The van der Waals surface area contributed by atoms with Crippen molar-refractivity contribution in [2.45, 2.75) is 12.4 Å². The van der Waals surface area contributed by atoms with Gasteiger partial charge in [0.25, 0.3) is 0 Å². The average Bonchev–Trinajstić information content (AvgIpc) is 2.63. The van der Waals surface area contributed by atoms with Gasteiger partial charge in [0.15, 0.2) is 0 Å². The molecule has 2 aliphatic heterocycles. The third-order valence-electron chi connectivity index (χ3n) is 4.86. The first-order valence-corrected chi connectivity index (χ1v) is 9.02. The molecule has 150 valence electrons. The quantitative estimate of drug-likeness (QED) is 0.266. The van der Waals surface area contributed by atoms with Crippen molar-refractivity contribution < 1.29 is 29.5 Å². The lowest BCUT2D eigenvalue weighted by atomic mass is 9.72. The van der Waals surface area contributed by atoms with Crippen molar-refractivity contribution in [3.63, 3.8) is 0 Å². The molecule has 0 radical (unpaired) electrons. The van der Waals surface area contributed by atoms with Crippen LogP contribution in [0.2, 0.25) is 0 Å². The second-order valence-electron chi connectivity index (χ2n) is 6.95. The molecule has 2 aliphatic rings. The Morgan fingerprint density at radius 2 is 1.82 bits per heavy atom. The number of nitrogens with two attached hydrogens (primary N) is 1. The first kappa shape index (κ1) is 20.1. The Bertz CT molecular complexity index is 781. The van der Waals surface area contributed by atoms with Crippen LogP contribution in [0.4, 0.5) is 0 Å². The zero-order valence-electron chi connectivity index (χ0n) is 15.3. The Morgan fingerprint density at radius 3 is 2.43 bits per heavy atom. The van der Waals surface area contributed by atoms with E-state index >= 15 is 0 Å². The van der Waals surface area contributed by atoms with Gasteiger partial charge in [-0.3, -0.25) is 19.6 Å². The molecular formula is C17H23BN4O6. The van der Waals surface area contributed by atoms with Crippen molar-refractivity contribution in [2.75, 3.05) is 39.3 Å². The van der Waals surface area contributed by atoms with Gasteiger partial charge < -0.3 is 25.6 Å². The maximum Gasteiger partial charge on any atom is 0.549 e. The number of amidine groups is 1. The lowest BCUT2D eigenvalue weighted by Gasteiger charge is -2.33. The van der Waals surface area contributed by atoms with Crippen molar-refractivity contribution in [3.05, 3.63) is 29.3 Å². The molecule has 1 fully saturated rings. The molecule has 1 aromatic carbocycles. The molecule has 0 unspecified atom stereocenters. The van der Waals surface area contributed by atoms with Crippen LogP contribution in [0.1, 0.15) is 15.9 Å².